The third-order valence-electron chi connectivity index (χ3n) is 13.6. The fourth-order valence-corrected chi connectivity index (χ4v) is 11.9. The lowest BCUT2D eigenvalue weighted by Crippen LogP contribution is -2.69. The molecule has 0 bridgehead atoms. The second-order valence-corrected chi connectivity index (χ2v) is 15.4. The molecule has 0 aromatic rings. The summed E-state index contributed by atoms with van der Waals surface area (Å²) < 4.78 is 0. The summed E-state index contributed by atoms with van der Waals surface area (Å²) in [5, 5.41) is 22.5. The van der Waals surface area contributed by atoms with E-state index in [1.54, 1.807) is 0 Å². The lowest BCUT2D eigenvalue weighted by atomic mass is 9.32. The lowest BCUT2D eigenvalue weighted by Gasteiger charge is -2.73. The predicted molar refractivity (Wildman–Crippen MR) is 132 cm³/mol. The molecule has 2 nitrogen and oxygen atoms in total. The van der Waals surface area contributed by atoms with E-state index >= 15 is 0 Å². The van der Waals surface area contributed by atoms with Crippen LogP contribution in [0.2, 0.25) is 0 Å². The molecule has 0 amide bonds. The maximum absolute atomic E-state index is 11.6. The van der Waals surface area contributed by atoms with Gasteiger partial charge in [-0.2, -0.15) is 0 Å². The lowest BCUT2D eigenvalue weighted by molar-refractivity contribution is -0.276. The number of hydrogen-bond donors (Lipinski definition) is 2. The Morgan fingerprint density at radius 2 is 1.41 bits per heavy atom. The topological polar surface area (TPSA) is 40.5 Å². The van der Waals surface area contributed by atoms with Crippen LogP contribution in [0.1, 0.15) is 113 Å². The molecule has 0 aliphatic heterocycles. The summed E-state index contributed by atoms with van der Waals surface area (Å²) in [5.74, 6) is 4.41. The van der Waals surface area contributed by atoms with Crippen LogP contribution >= 0.6 is 0 Å². The van der Waals surface area contributed by atoms with Gasteiger partial charge in [0, 0.05) is 5.41 Å². The minimum absolute atomic E-state index is 0.103. The van der Waals surface area contributed by atoms with Crippen molar-refractivity contribution in [1.82, 2.24) is 0 Å². The molecule has 2 N–H and O–H groups in total. The largest absolute Gasteiger partial charge is 0.390 e. The van der Waals surface area contributed by atoms with Gasteiger partial charge in [-0.3, -0.25) is 0 Å². The molecule has 0 heterocycles. The first-order chi connectivity index (χ1) is 14.7. The van der Waals surface area contributed by atoms with Crippen molar-refractivity contribution in [3.8, 4) is 0 Å². The molecule has 32 heavy (non-hydrogen) atoms. The number of aliphatic hydroxyl groups is 2. The van der Waals surface area contributed by atoms with E-state index in [0.29, 0.717) is 22.7 Å². The van der Waals surface area contributed by atoms with Crippen LogP contribution in [-0.2, 0) is 0 Å². The molecule has 0 radical (unpaired) electrons. The highest BCUT2D eigenvalue weighted by Gasteiger charge is 2.71. The zero-order chi connectivity index (χ0) is 23.5. The van der Waals surface area contributed by atoms with E-state index in [1.165, 1.54) is 51.4 Å². The van der Waals surface area contributed by atoms with Crippen molar-refractivity contribution in [3.05, 3.63) is 0 Å². The van der Waals surface area contributed by atoms with Crippen molar-refractivity contribution in [2.24, 2.45) is 62.6 Å². The first-order valence-electron chi connectivity index (χ1n) is 14.1. The molecule has 5 saturated carbocycles. The summed E-state index contributed by atoms with van der Waals surface area (Å²) in [6.07, 6.45) is 10.4. The highest BCUT2D eigenvalue weighted by molar-refractivity contribution is 5.20. The molecular weight excluding hydrogens is 392 g/mol. The number of rotatable bonds is 1. The molecule has 0 unspecified atom stereocenters. The van der Waals surface area contributed by atoms with Crippen molar-refractivity contribution in [1.29, 1.82) is 0 Å². The maximum atomic E-state index is 11.6. The van der Waals surface area contributed by atoms with E-state index in [9.17, 15) is 10.2 Å². The molecule has 2 heteroatoms. The summed E-state index contributed by atoms with van der Waals surface area (Å²) in [4.78, 5) is 0. The molecule has 5 aliphatic carbocycles. The van der Waals surface area contributed by atoms with Crippen LogP contribution in [0.25, 0.3) is 0 Å². The van der Waals surface area contributed by atoms with Gasteiger partial charge in [0.2, 0.25) is 0 Å². The molecule has 5 fully saturated rings. The van der Waals surface area contributed by atoms with Crippen LogP contribution in [0.5, 0.6) is 0 Å². The van der Waals surface area contributed by atoms with E-state index < -0.39 is 12.2 Å². The third kappa shape index (κ3) is 2.72. The Kier molecular flexibility index (Phi) is 5.17. The molecule has 0 aromatic carbocycles. The Morgan fingerprint density at radius 1 is 0.719 bits per heavy atom. The molecule has 184 valence electrons. The molecule has 0 saturated heterocycles. The Bertz CT molecular complexity index is 758. The van der Waals surface area contributed by atoms with Crippen molar-refractivity contribution in [2.75, 3.05) is 0 Å². The summed E-state index contributed by atoms with van der Waals surface area (Å²) in [5.41, 5.74) is 1.10. The van der Waals surface area contributed by atoms with Gasteiger partial charge in [0.25, 0.3) is 0 Å². The monoisotopic (exact) mass is 444 g/mol. The molecular formula is C30H52O2. The summed E-state index contributed by atoms with van der Waals surface area (Å²) in [6.45, 7) is 20.0. The highest BCUT2D eigenvalue weighted by Crippen LogP contribution is 2.77. The van der Waals surface area contributed by atoms with Crippen molar-refractivity contribution in [3.63, 3.8) is 0 Å². The van der Waals surface area contributed by atoms with Gasteiger partial charge in [0.05, 0.1) is 12.2 Å². The molecule has 11 atom stereocenters. The number of fused-ring (bicyclic) bond motifs is 7. The zero-order valence-corrected chi connectivity index (χ0v) is 22.4. The minimum atomic E-state index is -0.575. The van der Waals surface area contributed by atoms with Crippen LogP contribution in [0.4, 0.5) is 0 Å². The summed E-state index contributed by atoms with van der Waals surface area (Å²) >= 11 is 0. The van der Waals surface area contributed by atoms with Gasteiger partial charge < -0.3 is 10.2 Å². The summed E-state index contributed by atoms with van der Waals surface area (Å²) in [6, 6.07) is 0. The Morgan fingerprint density at radius 3 is 2.06 bits per heavy atom. The van der Waals surface area contributed by atoms with E-state index in [2.05, 4.69) is 55.4 Å². The third-order valence-corrected chi connectivity index (χ3v) is 13.6. The van der Waals surface area contributed by atoms with Crippen molar-refractivity contribution >= 4 is 0 Å². The molecule has 5 aliphatic rings. The quantitative estimate of drug-likeness (QED) is 0.454. The van der Waals surface area contributed by atoms with Crippen molar-refractivity contribution in [2.45, 2.75) is 125 Å². The van der Waals surface area contributed by atoms with Gasteiger partial charge in [-0.25, -0.2) is 0 Å². The second-order valence-electron chi connectivity index (χ2n) is 15.4. The van der Waals surface area contributed by atoms with Crippen LogP contribution < -0.4 is 0 Å². The number of aliphatic hydroxyl groups excluding tert-OH is 2. The van der Waals surface area contributed by atoms with Gasteiger partial charge in [0.15, 0.2) is 0 Å². The molecule has 0 spiro atoms. The SMILES string of the molecule is CC(C)[C@@H]1CC[C@]2(C)CC[C@]3(C)[C@H](CC[C@@H]4[C@@]5(C)[C@@H](O)[C@@H](O)CC(C)(C)[C@@H]5CC[C@]43C)[C@@H]12. The van der Waals surface area contributed by atoms with Gasteiger partial charge >= 0.3 is 0 Å². The predicted octanol–water partition coefficient (Wildman–Crippen LogP) is 7.08. The number of hydrogen-bond acceptors (Lipinski definition) is 2. The fraction of sp³-hybridized carbons (Fsp3) is 1.00. The highest BCUT2D eigenvalue weighted by atomic mass is 16.3. The Labute approximate surface area is 198 Å². The average Bonchev–Trinajstić information content (AvgIpc) is 3.04. The van der Waals surface area contributed by atoms with Crippen LogP contribution in [0.15, 0.2) is 0 Å². The molecule has 5 rings (SSSR count). The van der Waals surface area contributed by atoms with Gasteiger partial charge in [0.1, 0.15) is 0 Å². The fourth-order valence-electron chi connectivity index (χ4n) is 11.9. The minimum Gasteiger partial charge on any atom is -0.390 e. The Balaban J connectivity index is 1.57. The first kappa shape index (κ1) is 23.7. The van der Waals surface area contributed by atoms with Gasteiger partial charge in [-0.05, 0) is 115 Å². The second kappa shape index (κ2) is 6.99. The van der Waals surface area contributed by atoms with E-state index in [-0.39, 0.29) is 16.2 Å². The smallest absolute Gasteiger partial charge is 0.0858 e. The van der Waals surface area contributed by atoms with Gasteiger partial charge in [-0.1, -0.05) is 55.4 Å². The van der Waals surface area contributed by atoms with Crippen LogP contribution in [0, 0.1) is 62.6 Å². The van der Waals surface area contributed by atoms with E-state index in [0.717, 1.165) is 30.1 Å². The van der Waals surface area contributed by atoms with E-state index in [4.69, 9.17) is 0 Å². The van der Waals surface area contributed by atoms with Crippen LogP contribution in [-0.4, -0.2) is 22.4 Å². The average molecular weight is 445 g/mol. The normalized spacial score (nSPS) is 59.2. The first-order valence-corrected chi connectivity index (χ1v) is 14.1. The van der Waals surface area contributed by atoms with E-state index in [1.807, 2.05) is 0 Å². The van der Waals surface area contributed by atoms with Gasteiger partial charge in [-0.15, -0.1) is 0 Å². The standard InChI is InChI=1S/C30H52O2/c1-18(2)19-11-13-27(5)15-16-28(6)20(24(19)27)9-10-23-29(28,7)14-12-22-26(3,4)17-21(31)25(32)30(22,23)8/h18-25,31-32H,9-17H2,1-8H3/t19-,20+,21-,22-,23-,24+,25-,27+,28+,29+,30-/m0/s1. The molecule has 0 aromatic heterocycles. The van der Waals surface area contributed by atoms with Crippen LogP contribution in [0.3, 0.4) is 0 Å². The summed E-state index contributed by atoms with van der Waals surface area (Å²) in [7, 11) is 0. The zero-order valence-electron chi connectivity index (χ0n) is 22.4. The Hall–Kier alpha value is -0.0800. The van der Waals surface area contributed by atoms with Crippen molar-refractivity contribution < 1.29 is 10.2 Å². The maximum Gasteiger partial charge on any atom is 0.0858 e.